The van der Waals surface area contributed by atoms with Crippen LogP contribution < -0.4 is 20.8 Å². The number of halogens is 2. The van der Waals surface area contributed by atoms with Crippen molar-refractivity contribution in [1.82, 2.24) is 9.13 Å². The molecular formula is C66H76CaF2N4O14. The van der Waals surface area contributed by atoms with Crippen molar-refractivity contribution >= 4 is 72.9 Å². The summed E-state index contributed by atoms with van der Waals surface area (Å²) in [6.45, 7) is 8.45. The number of anilines is 2. The third kappa shape index (κ3) is 20.3. The predicted molar refractivity (Wildman–Crippen MR) is 329 cm³/mol. The van der Waals surface area contributed by atoms with E-state index in [9.17, 15) is 58.6 Å². The Morgan fingerprint density at radius 3 is 1.00 bits per heavy atom. The molecule has 2 heterocycles. The fraction of sp³-hybridized carbons (Fsp3) is 0.273. The van der Waals surface area contributed by atoms with Crippen molar-refractivity contribution in [2.75, 3.05) is 10.6 Å². The fourth-order valence-corrected chi connectivity index (χ4v) is 10.4. The van der Waals surface area contributed by atoms with Crippen LogP contribution in [0.1, 0.15) is 110 Å². The first-order valence-electron chi connectivity index (χ1n) is 27.3. The minimum Gasteiger partial charge on any atom is -0.550 e. The molecule has 460 valence electrons. The summed E-state index contributed by atoms with van der Waals surface area (Å²) in [5.41, 5.74) is 9.43. The van der Waals surface area contributed by atoms with Crippen molar-refractivity contribution in [3.63, 3.8) is 0 Å². The summed E-state index contributed by atoms with van der Waals surface area (Å²) in [6, 6.07) is 49.4. The van der Waals surface area contributed by atoms with Crippen LogP contribution in [0.5, 0.6) is 0 Å². The van der Waals surface area contributed by atoms with Crippen LogP contribution in [-0.2, 0) is 22.7 Å². The van der Waals surface area contributed by atoms with Gasteiger partial charge in [0, 0.05) is 71.8 Å². The molecule has 0 bridgehead atoms. The second-order valence-electron chi connectivity index (χ2n) is 20.8. The van der Waals surface area contributed by atoms with Gasteiger partial charge in [0.1, 0.15) is 11.6 Å². The van der Waals surface area contributed by atoms with Crippen molar-refractivity contribution in [3.8, 4) is 44.8 Å². The van der Waals surface area contributed by atoms with E-state index in [1.807, 2.05) is 134 Å². The van der Waals surface area contributed by atoms with Crippen LogP contribution in [0.4, 0.5) is 20.2 Å². The van der Waals surface area contributed by atoms with Crippen molar-refractivity contribution in [3.05, 3.63) is 204 Å². The number of carboxylic acid groups (broad SMARTS) is 2. The molecule has 0 aliphatic rings. The quantitative estimate of drug-likeness (QED) is 0.0368. The van der Waals surface area contributed by atoms with Gasteiger partial charge in [0.2, 0.25) is 0 Å². The number of aliphatic hydroxyl groups is 4. The van der Waals surface area contributed by atoms with Gasteiger partial charge in [-0.25, -0.2) is 8.78 Å². The molecule has 0 saturated heterocycles. The van der Waals surface area contributed by atoms with Crippen molar-refractivity contribution in [1.29, 1.82) is 0 Å². The maximum atomic E-state index is 14.0. The Labute approximate surface area is 534 Å². The second kappa shape index (κ2) is 36.0. The Bertz CT molecular complexity index is 3180. The topological polar surface area (TPSA) is 355 Å². The third-order valence-electron chi connectivity index (χ3n) is 13.8. The van der Waals surface area contributed by atoms with E-state index in [4.69, 9.17) is 0 Å². The van der Waals surface area contributed by atoms with Gasteiger partial charge in [0.05, 0.1) is 46.9 Å². The summed E-state index contributed by atoms with van der Waals surface area (Å²) in [7, 11) is 0. The molecule has 2 aromatic heterocycles. The van der Waals surface area contributed by atoms with E-state index < -0.39 is 60.8 Å². The van der Waals surface area contributed by atoms with Gasteiger partial charge in [-0.05, 0) is 133 Å². The summed E-state index contributed by atoms with van der Waals surface area (Å²) in [4.78, 5) is 49.8. The maximum absolute atomic E-state index is 14.0. The molecule has 0 aliphatic carbocycles. The molecule has 6 aromatic carbocycles. The SMILES string of the molecule is CC(C)c1c(C(=O)Nc2ccccc2)c(-c2ccccc2)c(-c2ccc(F)cc2)n1CC[C@@H](O)C[C@H](O)CC(=O)[O-].CC(C)c1c(C(=O)Nc2ccccc2)c(-c2ccccc2)c(-c2ccc(F)cc2)n1CC[C@@H](O)C[C@H](O)CC(=O)[O-].O.O.O.O.[Ca+2]. The molecular weight excluding hydrogens is 1150 g/mol. The van der Waals surface area contributed by atoms with Crippen LogP contribution >= 0.6 is 0 Å². The molecule has 0 radical (unpaired) electrons. The average Bonchev–Trinajstić information content (AvgIpc) is 1.71. The largest absolute Gasteiger partial charge is 2.00 e. The number of amides is 2. The molecule has 87 heavy (non-hydrogen) atoms. The molecule has 4 atom stereocenters. The molecule has 0 unspecified atom stereocenters. The van der Waals surface area contributed by atoms with Crippen LogP contribution in [0, 0.1) is 11.6 Å². The summed E-state index contributed by atoms with van der Waals surface area (Å²) in [5.74, 6) is -4.41. The predicted octanol–water partition coefficient (Wildman–Crippen LogP) is 6.28. The van der Waals surface area contributed by atoms with Crippen LogP contribution in [0.25, 0.3) is 44.8 Å². The number of benzene rings is 6. The number of hydrogen-bond donors (Lipinski definition) is 6. The second-order valence-corrected chi connectivity index (χ2v) is 20.8. The summed E-state index contributed by atoms with van der Waals surface area (Å²) in [6.07, 6.45) is -5.54. The normalized spacial score (nSPS) is 12.0. The van der Waals surface area contributed by atoms with E-state index in [0.717, 1.165) is 22.5 Å². The van der Waals surface area contributed by atoms with Crippen LogP contribution in [0.3, 0.4) is 0 Å². The zero-order valence-electron chi connectivity index (χ0n) is 48.9. The number of aromatic nitrogens is 2. The summed E-state index contributed by atoms with van der Waals surface area (Å²) in [5, 5.41) is 69.2. The number of aliphatic hydroxyl groups excluding tert-OH is 4. The summed E-state index contributed by atoms with van der Waals surface area (Å²) >= 11 is 0. The van der Waals surface area contributed by atoms with Gasteiger partial charge in [0.25, 0.3) is 11.8 Å². The molecule has 14 N–H and O–H groups in total. The van der Waals surface area contributed by atoms with Gasteiger partial charge in [-0.15, -0.1) is 0 Å². The number of para-hydroxylation sites is 2. The van der Waals surface area contributed by atoms with Gasteiger partial charge < -0.3 is 81.9 Å². The van der Waals surface area contributed by atoms with Crippen molar-refractivity contribution in [2.24, 2.45) is 0 Å². The van der Waals surface area contributed by atoms with Crippen LogP contribution in [0.2, 0.25) is 0 Å². The van der Waals surface area contributed by atoms with Crippen LogP contribution in [0.15, 0.2) is 170 Å². The number of hydrogen-bond acceptors (Lipinski definition) is 10. The molecule has 21 heteroatoms. The molecule has 0 saturated carbocycles. The van der Waals surface area contributed by atoms with Gasteiger partial charge in [0.15, 0.2) is 0 Å². The Balaban J connectivity index is 0.000000561. The van der Waals surface area contributed by atoms with E-state index in [1.54, 1.807) is 48.5 Å². The van der Waals surface area contributed by atoms with E-state index in [1.165, 1.54) is 24.3 Å². The maximum Gasteiger partial charge on any atom is 2.00 e. The van der Waals surface area contributed by atoms with E-state index in [-0.39, 0.29) is 122 Å². The van der Waals surface area contributed by atoms with E-state index >= 15 is 0 Å². The summed E-state index contributed by atoms with van der Waals surface area (Å²) < 4.78 is 32.0. The van der Waals surface area contributed by atoms with Gasteiger partial charge >= 0.3 is 37.7 Å². The molecule has 8 rings (SSSR count). The number of nitrogens with zero attached hydrogens (tertiary/aromatic N) is 2. The molecule has 18 nitrogen and oxygen atoms in total. The number of nitrogens with one attached hydrogen (secondary N) is 2. The monoisotopic (exact) mass is 1230 g/mol. The fourth-order valence-electron chi connectivity index (χ4n) is 10.4. The average molecular weight is 1230 g/mol. The molecule has 2 amide bonds. The number of carbonyl (C=O) groups excluding carboxylic acids is 4. The zero-order chi connectivity index (χ0) is 59.0. The first-order chi connectivity index (χ1) is 39.3. The molecule has 0 fully saturated rings. The van der Waals surface area contributed by atoms with Crippen molar-refractivity contribution < 1.29 is 80.5 Å². The first kappa shape index (κ1) is 75.7. The first-order valence-corrected chi connectivity index (χ1v) is 27.3. The minimum absolute atomic E-state index is 0. The minimum atomic E-state index is -1.39. The van der Waals surface area contributed by atoms with E-state index in [0.29, 0.717) is 56.1 Å². The Morgan fingerprint density at radius 2 is 0.724 bits per heavy atom. The Hall–Kier alpha value is -7.44. The number of carbonyl (C=O) groups is 4. The number of aliphatic carboxylic acids is 2. The van der Waals surface area contributed by atoms with E-state index in [2.05, 4.69) is 10.6 Å². The third-order valence-corrected chi connectivity index (χ3v) is 13.8. The van der Waals surface area contributed by atoms with Gasteiger partial charge in [-0.3, -0.25) is 9.59 Å². The molecule has 0 spiro atoms. The Kier molecular flexibility index (Phi) is 31.3. The van der Waals surface area contributed by atoms with Gasteiger partial charge in [-0.2, -0.15) is 0 Å². The number of rotatable bonds is 24. The zero-order valence-corrected chi connectivity index (χ0v) is 51.1. The molecule has 8 aromatic rings. The molecule has 0 aliphatic heterocycles. The standard InChI is InChI=1S/2C33H35FN2O5.Ca.4H2O/c2*1-21(2)31-30(33(41)35-25-11-7-4-8-12-25)29(22-9-5-3-6-10-22)32(23-13-15-24(34)16-14-23)36(31)18-17-26(37)19-27(38)20-28(39)40;;;;;/h2*3-16,21,26-27,37-38H,17-20H2,1-2H3,(H,35,41)(H,39,40);;4*1H2/q;;+2;;;;/p-2/t2*26-,27+;;;;;/m11...../s1. The van der Waals surface area contributed by atoms with Crippen molar-refractivity contribution in [2.45, 2.75) is 116 Å². The van der Waals surface area contributed by atoms with Gasteiger partial charge in [-0.1, -0.05) is 125 Å². The smallest absolute Gasteiger partial charge is 0.550 e. The Morgan fingerprint density at radius 1 is 0.437 bits per heavy atom. The van der Waals surface area contributed by atoms with Crippen LogP contribution in [-0.4, -0.2) is 137 Å². The number of carboxylic acids is 2.